The van der Waals surface area contributed by atoms with Crippen molar-refractivity contribution in [3.05, 3.63) is 12.2 Å². The molecule has 4 saturated carbocycles. The van der Waals surface area contributed by atoms with Crippen LogP contribution in [0, 0.1) is 52.3 Å². The summed E-state index contributed by atoms with van der Waals surface area (Å²) in [5, 5.41) is 78.2. The summed E-state index contributed by atoms with van der Waals surface area (Å²) in [5.41, 5.74) is -3.01. The number of hydrogen-bond acceptors (Lipinski definition) is 16. The molecule has 8 N–H and O–H groups in total. The first-order valence-electron chi connectivity index (χ1n) is 20.8. The fourth-order valence-electron chi connectivity index (χ4n) is 12.4. The number of methoxy groups -OCH3 is 2. The highest BCUT2D eigenvalue weighted by molar-refractivity contribution is 7.80. The highest BCUT2D eigenvalue weighted by Gasteiger charge is 2.72. The van der Waals surface area contributed by atoms with Gasteiger partial charge < -0.3 is 64.2 Å². The first-order chi connectivity index (χ1) is 27.1. The molecule has 0 radical (unpaired) electrons. The van der Waals surface area contributed by atoms with E-state index >= 15 is 0 Å². The molecule has 21 atom stereocenters. The third-order valence-electron chi connectivity index (χ3n) is 15.4. The van der Waals surface area contributed by atoms with E-state index in [1.165, 1.54) is 14.2 Å². The van der Waals surface area contributed by atoms with Crippen LogP contribution in [0.4, 0.5) is 0 Å². The van der Waals surface area contributed by atoms with Crippen molar-refractivity contribution in [3.8, 4) is 0 Å². The lowest BCUT2D eigenvalue weighted by Crippen LogP contribution is -2.71. The van der Waals surface area contributed by atoms with Crippen molar-refractivity contribution >= 4 is 10.4 Å². The highest BCUT2D eigenvalue weighted by Crippen LogP contribution is 2.70. The van der Waals surface area contributed by atoms with Crippen LogP contribution in [0.3, 0.4) is 0 Å². The van der Waals surface area contributed by atoms with Crippen molar-refractivity contribution in [2.75, 3.05) is 34.0 Å². The standard InChI is InChI=1S/C40H68O17S/c1-19(2)21(17-53-37-34(31(45)26(16-41)55-37)56-36-33(52-7)32(46)27(51-6)18-54-36)9-8-20(3)22-14-24(43)35-38(22,4)13-11-28-39(5)12-10-23(42)30(44)29(39)25(15-40(28,35)47)57-58(48,49)50/h8-9,19-37,41-47H,10-18H2,1-7H3,(H,48,49,50)/b9-8+/t20-,21-,22-,23+,24-,25+,26+,27-,28-,29+,30+,31+,32+,33-,34-,35-,36+,37-,38-,39-,40+/m1/s1. The number of ether oxygens (including phenoxy) is 6. The Morgan fingerprint density at radius 1 is 0.862 bits per heavy atom. The molecule has 2 aliphatic heterocycles. The Bertz CT molecular complexity index is 1530. The molecule has 6 fully saturated rings. The van der Waals surface area contributed by atoms with Crippen LogP contribution in [0.2, 0.25) is 0 Å². The van der Waals surface area contributed by atoms with Gasteiger partial charge in [0.25, 0.3) is 0 Å². The number of aliphatic hydroxyl groups excluding tert-OH is 6. The number of rotatable bonds is 14. The predicted molar refractivity (Wildman–Crippen MR) is 204 cm³/mol. The van der Waals surface area contributed by atoms with Gasteiger partial charge in [0.05, 0.1) is 49.8 Å². The number of fused-ring (bicyclic) bond motifs is 5. The summed E-state index contributed by atoms with van der Waals surface area (Å²) >= 11 is 0. The van der Waals surface area contributed by atoms with E-state index in [-0.39, 0.29) is 49.7 Å². The van der Waals surface area contributed by atoms with Crippen LogP contribution < -0.4 is 0 Å². The maximum atomic E-state index is 12.8. The van der Waals surface area contributed by atoms with Gasteiger partial charge >= 0.3 is 10.4 Å². The Labute approximate surface area is 341 Å². The minimum Gasteiger partial charge on any atom is -0.394 e. The van der Waals surface area contributed by atoms with Gasteiger partial charge in [0.15, 0.2) is 12.6 Å². The normalized spacial score (nSPS) is 49.4. The Hall–Kier alpha value is -0.910. The maximum absolute atomic E-state index is 12.8. The minimum atomic E-state index is -4.99. The van der Waals surface area contributed by atoms with Gasteiger partial charge in [-0.25, -0.2) is 4.18 Å². The van der Waals surface area contributed by atoms with E-state index in [4.69, 9.17) is 32.6 Å². The summed E-state index contributed by atoms with van der Waals surface area (Å²) in [6, 6.07) is 0. The molecule has 0 aromatic rings. The van der Waals surface area contributed by atoms with Gasteiger partial charge in [-0.2, -0.15) is 8.42 Å². The van der Waals surface area contributed by atoms with Crippen LogP contribution >= 0.6 is 0 Å². The number of aliphatic hydroxyl groups is 7. The maximum Gasteiger partial charge on any atom is 0.397 e. The van der Waals surface area contributed by atoms with Crippen molar-refractivity contribution in [1.82, 2.24) is 0 Å². The van der Waals surface area contributed by atoms with Gasteiger partial charge in [-0.1, -0.05) is 46.8 Å². The second-order valence-corrected chi connectivity index (χ2v) is 19.9. The molecule has 0 aromatic carbocycles. The molecule has 6 aliphatic rings. The van der Waals surface area contributed by atoms with Crippen molar-refractivity contribution in [2.24, 2.45) is 52.3 Å². The zero-order chi connectivity index (χ0) is 42.7. The van der Waals surface area contributed by atoms with Crippen LogP contribution in [0.15, 0.2) is 12.2 Å². The fraction of sp³-hybridized carbons (Fsp3) is 0.950. The van der Waals surface area contributed by atoms with Gasteiger partial charge in [-0.05, 0) is 66.6 Å². The molecular formula is C40H68O17S. The number of hydrogen-bond donors (Lipinski definition) is 8. The molecular weight excluding hydrogens is 784 g/mol. The largest absolute Gasteiger partial charge is 0.397 e. The molecule has 0 amide bonds. The van der Waals surface area contributed by atoms with Crippen LogP contribution in [-0.4, -0.2) is 162 Å². The zero-order valence-corrected chi connectivity index (χ0v) is 35.5. The summed E-state index contributed by atoms with van der Waals surface area (Å²) in [4.78, 5) is 0. The van der Waals surface area contributed by atoms with E-state index in [0.29, 0.717) is 25.7 Å². The van der Waals surface area contributed by atoms with Crippen molar-refractivity contribution in [1.29, 1.82) is 0 Å². The smallest absolute Gasteiger partial charge is 0.394 e. The number of allylic oxidation sites excluding steroid dienone is 1. The van der Waals surface area contributed by atoms with E-state index in [0.717, 1.165) is 0 Å². The minimum absolute atomic E-state index is 0.0227. The Morgan fingerprint density at radius 2 is 1.55 bits per heavy atom. The molecule has 4 aliphatic carbocycles. The predicted octanol–water partition coefficient (Wildman–Crippen LogP) is 0.552. The lowest BCUT2D eigenvalue weighted by atomic mass is 9.41. The van der Waals surface area contributed by atoms with E-state index in [1.54, 1.807) is 0 Å². The second-order valence-electron chi connectivity index (χ2n) is 18.8. The molecule has 336 valence electrons. The molecule has 0 bridgehead atoms. The van der Waals surface area contributed by atoms with E-state index in [2.05, 4.69) is 26.0 Å². The Morgan fingerprint density at radius 3 is 2.17 bits per heavy atom. The Kier molecular flexibility index (Phi) is 14.2. The van der Waals surface area contributed by atoms with Crippen molar-refractivity contribution in [2.45, 2.75) is 152 Å². The molecule has 0 aromatic heterocycles. The average Bonchev–Trinajstić information content (AvgIpc) is 3.60. The third-order valence-corrected chi connectivity index (χ3v) is 15.9. The third kappa shape index (κ3) is 8.45. The first-order valence-corrected chi connectivity index (χ1v) is 22.2. The van der Waals surface area contributed by atoms with Crippen LogP contribution in [0.25, 0.3) is 0 Å². The van der Waals surface area contributed by atoms with Crippen LogP contribution in [0.5, 0.6) is 0 Å². The van der Waals surface area contributed by atoms with Gasteiger partial charge in [0.2, 0.25) is 0 Å². The van der Waals surface area contributed by atoms with Crippen molar-refractivity contribution < 1.29 is 81.3 Å². The SMILES string of the molecule is CO[C@H]1[C@H](O[C@H]2[C@H](OC[C@@H](/C=C/[C@@H](C)[C@H]3C[C@@H](O)[C@@H]4[C@]3(C)CC[C@@H]3[C@@]5(C)CC[C@H](O)[C@H](O)[C@@H]5[C@@H](OS(=O)(=O)O)C[C@]34O)C(C)C)O[C@@H](CO)[C@@H]2O)OC[C@@H](OC)[C@@H]1O. The second kappa shape index (κ2) is 17.7. The van der Waals surface area contributed by atoms with Gasteiger partial charge in [0, 0.05) is 38.4 Å². The zero-order valence-electron chi connectivity index (χ0n) is 34.6. The topological polar surface area (TPSA) is 261 Å². The Balaban J connectivity index is 1.17. The summed E-state index contributed by atoms with van der Waals surface area (Å²) in [6.45, 7) is 9.82. The highest BCUT2D eigenvalue weighted by atomic mass is 32.3. The van der Waals surface area contributed by atoms with Crippen molar-refractivity contribution in [3.63, 3.8) is 0 Å². The van der Waals surface area contributed by atoms with Crippen LogP contribution in [-0.2, 0) is 43.0 Å². The molecule has 17 nitrogen and oxygen atoms in total. The molecule has 2 heterocycles. The molecule has 0 unspecified atom stereocenters. The van der Waals surface area contributed by atoms with Crippen LogP contribution in [0.1, 0.15) is 73.1 Å². The molecule has 0 spiro atoms. The average molecular weight is 853 g/mol. The lowest BCUT2D eigenvalue weighted by molar-refractivity contribution is -0.310. The lowest BCUT2D eigenvalue weighted by Gasteiger charge is -2.66. The summed E-state index contributed by atoms with van der Waals surface area (Å²) < 4.78 is 74.0. The summed E-state index contributed by atoms with van der Waals surface area (Å²) in [7, 11) is -2.14. The van der Waals surface area contributed by atoms with Gasteiger partial charge in [0.1, 0.15) is 36.6 Å². The van der Waals surface area contributed by atoms with Gasteiger partial charge in [-0.15, -0.1) is 0 Å². The van der Waals surface area contributed by atoms with E-state index in [9.17, 15) is 48.7 Å². The summed E-state index contributed by atoms with van der Waals surface area (Å²) in [6.07, 6.45) is -6.65. The van der Waals surface area contributed by atoms with Gasteiger partial charge in [-0.3, -0.25) is 4.55 Å². The molecule has 2 saturated heterocycles. The monoisotopic (exact) mass is 852 g/mol. The molecule has 58 heavy (non-hydrogen) atoms. The molecule has 6 rings (SSSR count). The molecule has 18 heteroatoms. The quantitative estimate of drug-likeness (QED) is 0.0877. The summed E-state index contributed by atoms with van der Waals surface area (Å²) in [5.74, 6) is -2.17. The first kappa shape index (κ1) is 46.6. The van der Waals surface area contributed by atoms with E-state index in [1.807, 2.05) is 20.8 Å². The fourth-order valence-corrected chi connectivity index (χ4v) is 12.9. The van der Waals surface area contributed by atoms with E-state index < -0.39 is 125 Å².